The normalized spacial score (nSPS) is 10.4. The summed E-state index contributed by atoms with van der Waals surface area (Å²) in [4.78, 5) is 13.8. The number of alkyl halides is 2. The number of carboxylic acid groups (broad SMARTS) is 1. The summed E-state index contributed by atoms with van der Waals surface area (Å²) < 4.78 is 24.2. The average molecular weight is 187 g/mol. The van der Waals surface area contributed by atoms with E-state index >= 15 is 0 Å². The first-order valence-corrected chi connectivity index (χ1v) is 3.53. The zero-order valence-corrected chi connectivity index (χ0v) is 6.58. The van der Waals surface area contributed by atoms with E-state index in [1.54, 1.807) is 0 Å². The second kappa shape index (κ2) is 3.93. The molecule has 0 aliphatic heterocycles. The molecular weight excluding hydrogens is 180 g/mol. The minimum atomic E-state index is -2.61. The van der Waals surface area contributed by atoms with Gasteiger partial charge in [-0.3, -0.25) is 9.78 Å². The average Bonchev–Trinajstić information content (AvgIpc) is 2.03. The van der Waals surface area contributed by atoms with E-state index in [9.17, 15) is 13.6 Å². The van der Waals surface area contributed by atoms with Crippen LogP contribution in [-0.4, -0.2) is 16.1 Å². The molecular formula is C8H7F2NO2. The quantitative estimate of drug-likeness (QED) is 0.782. The van der Waals surface area contributed by atoms with Crippen molar-refractivity contribution in [2.45, 2.75) is 12.8 Å². The number of aromatic nitrogens is 1. The second-order valence-electron chi connectivity index (χ2n) is 2.50. The third-order valence-electron chi connectivity index (χ3n) is 1.42. The van der Waals surface area contributed by atoms with E-state index in [2.05, 4.69) is 4.98 Å². The first-order valence-electron chi connectivity index (χ1n) is 3.53. The van der Waals surface area contributed by atoms with Gasteiger partial charge in [0.05, 0.1) is 6.42 Å². The van der Waals surface area contributed by atoms with Gasteiger partial charge in [0.2, 0.25) is 0 Å². The number of carbonyl (C=O) groups is 1. The zero-order valence-electron chi connectivity index (χ0n) is 6.58. The molecule has 0 aliphatic rings. The lowest BCUT2D eigenvalue weighted by Gasteiger charge is -2.00. The van der Waals surface area contributed by atoms with E-state index in [4.69, 9.17) is 5.11 Å². The molecule has 1 aromatic rings. The maximum atomic E-state index is 12.1. The number of carboxylic acids is 1. The maximum absolute atomic E-state index is 12.1. The number of rotatable bonds is 3. The van der Waals surface area contributed by atoms with E-state index < -0.39 is 12.4 Å². The molecule has 1 aromatic heterocycles. The summed E-state index contributed by atoms with van der Waals surface area (Å²) in [5, 5.41) is 8.38. The summed E-state index contributed by atoms with van der Waals surface area (Å²) in [6, 6.07) is 1.14. The number of halogens is 2. The van der Waals surface area contributed by atoms with E-state index in [1.165, 1.54) is 6.20 Å². The molecule has 0 saturated heterocycles. The predicted molar refractivity (Wildman–Crippen MR) is 40.5 cm³/mol. The summed E-state index contributed by atoms with van der Waals surface area (Å²) in [7, 11) is 0. The van der Waals surface area contributed by atoms with E-state index in [1.807, 2.05) is 0 Å². The van der Waals surface area contributed by atoms with Crippen molar-refractivity contribution in [2.75, 3.05) is 0 Å². The first-order chi connectivity index (χ1) is 6.09. The Balaban J connectivity index is 2.85. The van der Waals surface area contributed by atoms with Crippen molar-refractivity contribution in [3.05, 3.63) is 29.6 Å². The smallest absolute Gasteiger partial charge is 0.307 e. The summed E-state index contributed by atoms with van der Waals surface area (Å²) in [5.41, 5.74) is 0.0315. The third kappa shape index (κ3) is 2.77. The van der Waals surface area contributed by atoms with Crippen molar-refractivity contribution in [2.24, 2.45) is 0 Å². The van der Waals surface area contributed by atoms with Crippen molar-refractivity contribution in [1.29, 1.82) is 0 Å². The highest BCUT2D eigenvalue weighted by Crippen LogP contribution is 2.18. The minimum Gasteiger partial charge on any atom is -0.481 e. The van der Waals surface area contributed by atoms with Gasteiger partial charge >= 0.3 is 5.97 Å². The van der Waals surface area contributed by atoms with Crippen LogP contribution in [-0.2, 0) is 11.2 Å². The van der Waals surface area contributed by atoms with Crippen LogP contribution in [0.2, 0.25) is 0 Å². The molecule has 5 heteroatoms. The van der Waals surface area contributed by atoms with Crippen LogP contribution in [0.1, 0.15) is 17.6 Å². The lowest BCUT2D eigenvalue weighted by molar-refractivity contribution is -0.136. The molecule has 0 atom stereocenters. The SMILES string of the molecule is O=C(O)Cc1cncc(C(F)F)c1. The Morgan fingerprint density at radius 2 is 2.23 bits per heavy atom. The molecule has 3 nitrogen and oxygen atoms in total. The van der Waals surface area contributed by atoms with Gasteiger partial charge < -0.3 is 5.11 Å². The van der Waals surface area contributed by atoms with E-state index in [0.717, 1.165) is 12.3 Å². The number of aliphatic carboxylic acids is 1. The van der Waals surface area contributed by atoms with Crippen LogP contribution in [0.15, 0.2) is 18.5 Å². The number of nitrogens with zero attached hydrogens (tertiary/aromatic N) is 1. The first kappa shape index (κ1) is 9.57. The predicted octanol–water partition coefficient (Wildman–Crippen LogP) is 1.65. The summed E-state index contributed by atoms with van der Waals surface area (Å²) >= 11 is 0. The molecule has 0 unspecified atom stereocenters. The van der Waals surface area contributed by atoms with E-state index in [0.29, 0.717) is 0 Å². The van der Waals surface area contributed by atoms with E-state index in [-0.39, 0.29) is 17.5 Å². The molecule has 0 radical (unpaired) electrons. The Morgan fingerprint density at radius 3 is 2.77 bits per heavy atom. The molecule has 0 aromatic carbocycles. The standard InChI is InChI=1S/C8H7F2NO2/c9-8(10)6-1-5(2-7(12)13)3-11-4-6/h1,3-4,8H,2H2,(H,12,13). The monoisotopic (exact) mass is 187 g/mol. The van der Waals surface area contributed by atoms with Crippen molar-refractivity contribution >= 4 is 5.97 Å². The second-order valence-corrected chi connectivity index (χ2v) is 2.50. The molecule has 0 aliphatic carbocycles. The number of hydrogen-bond donors (Lipinski definition) is 1. The Labute approximate surface area is 73.0 Å². The van der Waals surface area contributed by atoms with Crippen LogP contribution in [0.25, 0.3) is 0 Å². The molecule has 0 bridgehead atoms. The van der Waals surface area contributed by atoms with Gasteiger partial charge in [0.25, 0.3) is 6.43 Å². The van der Waals surface area contributed by atoms with Gasteiger partial charge in [-0.25, -0.2) is 8.78 Å². The molecule has 0 fully saturated rings. The van der Waals surface area contributed by atoms with Crippen LogP contribution < -0.4 is 0 Å². The highest BCUT2D eigenvalue weighted by atomic mass is 19.3. The Kier molecular flexibility index (Phi) is 2.89. The van der Waals surface area contributed by atoms with Gasteiger partial charge in [0.1, 0.15) is 0 Å². The van der Waals surface area contributed by atoms with Crippen LogP contribution >= 0.6 is 0 Å². The van der Waals surface area contributed by atoms with Crippen molar-refractivity contribution in [3.8, 4) is 0 Å². The molecule has 0 spiro atoms. The fraction of sp³-hybridized carbons (Fsp3) is 0.250. The van der Waals surface area contributed by atoms with Crippen LogP contribution in [0, 0.1) is 0 Å². The molecule has 0 amide bonds. The Morgan fingerprint density at radius 1 is 1.54 bits per heavy atom. The van der Waals surface area contributed by atoms with Crippen LogP contribution in [0.5, 0.6) is 0 Å². The Hall–Kier alpha value is -1.52. The summed E-state index contributed by atoms with van der Waals surface area (Å²) in [6.45, 7) is 0. The zero-order chi connectivity index (χ0) is 9.84. The topological polar surface area (TPSA) is 50.2 Å². The largest absolute Gasteiger partial charge is 0.481 e. The fourth-order valence-corrected chi connectivity index (χ4v) is 0.898. The third-order valence-corrected chi connectivity index (χ3v) is 1.42. The van der Waals surface area contributed by atoms with Crippen LogP contribution in [0.3, 0.4) is 0 Å². The van der Waals surface area contributed by atoms with Crippen molar-refractivity contribution in [1.82, 2.24) is 4.98 Å². The van der Waals surface area contributed by atoms with Gasteiger partial charge in [-0.2, -0.15) is 0 Å². The van der Waals surface area contributed by atoms with Crippen molar-refractivity contribution in [3.63, 3.8) is 0 Å². The molecule has 1 heterocycles. The lowest BCUT2D eigenvalue weighted by atomic mass is 10.1. The molecule has 1 rings (SSSR count). The summed E-state index contributed by atoms with van der Waals surface area (Å²) in [6.07, 6.45) is -0.606. The number of pyridine rings is 1. The lowest BCUT2D eigenvalue weighted by Crippen LogP contribution is -2.01. The molecule has 0 saturated carbocycles. The highest BCUT2D eigenvalue weighted by molar-refractivity contribution is 5.70. The van der Waals surface area contributed by atoms with Gasteiger partial charge in [-0.1, -0.05) is 0 Å². The van der Waals surface area contributed by atoms with Crippen LogP contribution in [0.4, 0.5) is 8.78 Å². The van der Waals surface area contributed by atoms with Gasteiger partial charge in [0, 0.05) is 18.0 Å². The Bertz CT molecular complexity index is 315. The molecule has 1 N–H and O–H groups in total. The molecule has 70 valence electrons. The van der Waals surface area contributed by atoms with Gasteiger partial charge in [0.15, 0.2) is 0 Å². The highest BCUT2D eigenvalue weighted by Gasteiger charge is 2.09. The van der Waals surface area contributed by atoms with Crippen molar-refractivity contribution < 1.29 is 18.7 Å². The maximum Gasteiger partial charge on any atom is 0.307 e. The van der Waals surface area contributed by atoms with Gasteiger partial charge in [-0.15, -0.1) is 0 Å². The minimum absolute atomic E-state index is 0.251. The molecule has 13 heavy (non-hydrogen) atoms. The summed E-state index contributed by atoms with van der Waals surface area (Å²) in [5.74, 6) is -1.06. The number of hydrogen-bond acceptors (Lipinski definition) is 2. The van der Waals surface area contributed by atoms with Gasteiger partial charge in [-0.05, 0) is 11.6 Å². The fourth-order valence-electron chi connectivity index (χ4n) is 0.898.